The molecule has 3 heterocycles. The number of para-hydroxylation sites is 3. The molecular formula is C50H34N4. The number of rotatable bonds is 5. The first-order valence-corrected chi connectivity index (χ1v) is 18.6. The first-order valence-electron chi connectivity index (χ1n) is 18.6. The van der Waals surface area contributed by atoms with E-state index < -0.39 is 0 Å². The fourth-order valence-electron chi connectivity index (χ4n) is 8.60. The van der Waals surface area contributed by atoms with E-state index in [1.165, 1.54) is 55.3 Å². The van der Waals surface area contributed by atoms with Crippen LogP contribution in [0.25, 0.3) is 71.9 Å². The lowest BCUT2D eigenvalue weighted by molar-refractivity contribution is 0.731. The van der Waals surface area contributed by atoms with Crippen LogP contribution in [0.15, 0.2) is 194 Å². The monoisotopic (exact) mass is 690 g/mol. The highest BCUT2D eigenvalue weighted by Gasteiger charge is 2.39. The quantitative estimate of drug-likeness (QED) is 0.180. The lowest BCUT2D eigenvalue weighted by Gasteiger charge is -2.27. The Balaban J connectivity index is 1.02. The maximum Gasteiger partial charge on any atom is 0.231 e. The van der Waals surface area contributed by atoms with Crippen LogP contribution in [0.3, 0.4) is 0 Å². The molecule has 0 spiro atoms. The Bertz CT molecular complexity index is 2940. The van der Waals surface area contributed by atoms with Crippen molar-refractivity contribution in [1.82, 2.24) is 14.5 Å². The molecule has 4 heteroatoms. The molecule has 1 aliphatic carbocycles. The van der Waals surface area contributed by atoms with E-state index in [1.807, 2.05) is 0 Å². The van der Waals surface area contributed by atoms with Gasteiger partial charge in [0, 0.05) is 39.0 Å². The zero-order chi connectivity index (χ0) is 35.6. The van der Waals surface area contributed by atoms with Gasteiger partial charge in [0.1, 0.15) is 0 Å². The van der Waals surface area contributed by atoms with Crippen molar-refractivity contribution in [3.05, 3.63) is 200 Å². The number of hydrogen-bond donors (Lipinski definition) is 0. The average Bonchev–Trinajstić information content (AvgIpc) is 3.76. The van der Waals surface area contributed by atoms with E-state index in [9.17, 15) is 0 Å². The Morgan fingerprint density at radius 1 is 0.444 bits per heavy atom. The fourth-order valence-corrected chi connectivity index (χ4v) is 8.60. The number of fused-ring (bicyclic) bond motifs is 7. The van der Waals surface area contributed by atoms with Crippen molar-refractivity contribution < 1.29 is 0 Å². The van der Waals surface area contributed by atoms with Crippen LogP contribution >= 0.6 is 0 Å². The molecule has 0 bridgehead atoms. The van der Waals surface area contributed by atoms with Crippen molar-refractivity contribution in [2.75, 3.05) is 4.90 Å². The molecule has 2 unspecified atom stereocenters. The summed E-state index contributed by atoms with van der Waals surface area (Å²) in [6.07, 6.45) is 8.95. The van der Waals surface area contributed by atoms with E-state index in [0.717, 1.165) is 27.8 Å². The van der Waals surface area contributed by atoms with Crippen molar-refractivity contribution in [2.45, 2.75) is 12.0 Å². The summed E-state index contributed by atoms with van der Waals surface area (Å²) in [6, 6.07) is 60.9. The Morgan fingerprint density at radius 3 is 1.93 bits per heavy atom. The van der Waals surface area contributed by atoms with E-state index in [1.54, 1.807) is 0 Å². The molecule has 7 aromatic carbocycles. The highest BCUT2D eigenvalue weighted by Crippen LogP contribution is 2.49. The SMILES string of the molecule is C1=CC2c3cc(-c4ccc5c(c4)c4ccccc4n5-c4ccccc4)ccc3N(c3nc(-c4ccc(-c5ccccc5)cc4)c4ccccc4n3)C2C=C1. The lowest BCUT2D eigenvalue weighted by atomic mass is 9.89. The maximum atomic E-state index is 5.37. The van der Waals surface area contributed by atoms with Gasteiger partial charge in [0.05, 0.1) is 28.3 Å². The Morgan fingerprint density at radius 2 is 1.07 bits per heavy atom. The van der Waals surface area contributed by atoms with Gasteiger partial charge in [-0.3, -0.25) is 0 Å². The highest BCUT2D eigenvalue weighted by atomic mass is 15.3. The maximum absolute atomic E-state index is 5.37. The van der Waals surface area contributed by atoms with Crippen LogP contribution in [0.4, 0.5) is 11.6 Å². The van der Waals surface area contributed by atoms with Crippen LogP contribution in [0.1, 0.15) is 11.5 Å². The normalized spacial score (nSPS) is 16.0. The molecule has 2 aromatic heterocycles. The molecule has 4 nitrogen and oxygen atoms in total. The van der Waals surface area contributed by atoms with E-state index in [0.29, 0.717) is 5.95 Å². The molecule has 0 fully saturated rings. The third-order valence-electron chi connectivity index (χ3n) is 11.1. The number of allylic oxidation sites excluding steroid dienone is 2. The minimum Gasteiger partial charge on any atom is -0.309 e. The van der Waals surface area contributed by atoms with Crippen LogP contribution < -0.4 is 4.90 Å². The molecule has 0 saturated heterocycles. The third-order valence-corrected chi connectivity index (χ3v) is 11.1. The summed E-state index contributed by atoms with van der Waals surface area (Å²) in [5.74, 6) is 0.893. The summed E-state index contributed by atoms with van der Waals surface area (Å²) in [5, 5.41) is 3.55. The minimum absolute atomic E-state index is 0.0704. The van der Waals surface area contributed by atoms with Crippen LogP contribution in [-0.4, -0.2) is 20.6 Å². The molecule has 0 radical (unpaired) electrons. The molecule has 1 aliphatic heterocycles. The van der Waals surface area contributed by atoms with Crippen molar-refractivity contribution >= 4 is 44.3 Å². The smallest absolute Gasteiger partial charge is 0.231 e. The van der Waals surface area contributed by atoms with Crippen molar-refractivity contribution in [3.63, 3.8) is 0 Å². The van der Waals surface area contributed by atoms with E-state index in [-0.39, 0.29) is 12.0 Å². The second-order valence-corrected chi connectivity index (χ2v) is 14.2. The van der Waals surface area contributed by atoms with Gasteiger partial charge in [-0.1, -0.05) is 146 Å². The molecule has 54 heavy (non-hydrogen) atoms. The van der Waals surface area contributed by atoms with Gasteiger partial charge in [-0.25, -0.2) is 9.97 Å². The lowest BCUT2D eigenvalue weighted by Crippen LogP contribution is -2.30. The Hall–Kier alpha value is -7.04. The first-order chi connectivity index (χ1) is 26.8. The molecule has 11 rings (SSSR count). The number of aromatic nitrogens is 3. The third kappa shape index (κ3) is 4.84. The molecule has 0 N–H and O–H groups in total. The zero-order valence-corrected chi connectivity index (χ0v) is 29.4. The van der Waals surface area contributed by atoms with E-state index in [2.05, 4.69) is 204 Å². The summed E-state index contributed by atoms with van der Waals surface area (Å²) < 4.78 is 2.37. The van der Waals surface area contributed by atoms with E-state index >= 15 is 0 Å². The van der Waals surface area contributed by atoms with Crippen molar-refractivity contribution in [2.24, 2.45) is 0 Å². The van der Waals surface area contributed by atoms with Gasteiger partial charge in [0.25, 0.3) is 0 Å². The molecule has 2 aliphatic rings. The van der Waals surface area contributed by atoms with Gasteiger partial charge in [-0.15, -0.1) is 0 Å². The molecule has 0 saturated carbocycles. The number of hydrogen-bond acceptors (Lipinski definition) is 3. The summed E-state index contributed by atoms with van der Waals surface area (Å²) >= 11 is 0. The van der Waals surface area contributed by atoms with Crippen LogP contribution in [-0.2, 0) is 0 Å². The number of nitrogens with zero attached hydrogens (tertiary/aromatic N) is 4. The zero-order valence-electron chi connectivity index (χ0n) is 29.4. The van der Waals surface area contributed by atoms with Gasteiger partial charge in [0.2, 0.25) is 5.95 Å². The predicted octanol–water partition coefficient (Wildman–Crippen LogP) is 12.5. The van der Waals surface area contributed by atoms with Crippen LogP contribution in [0.2, 0.25) is 0 Å². The van der Waals surface area contributed by atoms with Crippen molar-refractivity contribution in [3.8, 4) is 39.2 Å². The molecule has 9 aromatic rings. The van der Waals surface area contributed by atoms with Crippen LogP contribution in [0, 0.1) is 0 Å². The molecule has 254 valence electrons. The number of anilines is 2. The predicted molar refractivity (Wildman–Crippen MR) is 224 cm³/mol. The minimum atomic E-state index is 0.0704. The van der Waals surface area contributed by atoms with Crippen molar-refractivity contribution in [1.29, 1.82) is 0 Å². The Kier molecular flexibility index (Phi) is 6.96. The van der Waals surface area contributed by atoms with Gasteiger partial charge >= 0.3 is 0 Å². The summed E-state index contributed by atoms with van der Waals surface area (Å²) in [5.41, 5.74) is 13.8. The topological polar surface area (TPSA) is 34.0 Å². The van der Waals surface area contributed by atoms with Gasteiger partial charge in [0.15, 0.2) is 0 Å². The second kappa shape index (κ2) is 12.3. The van der Waals surface area contributed by atoms with Gasteiger partial charge in [-0.05, 0) is 76.3 Å². The summed E-state index contributed by atoms with van der Waals surface area (Å²) in [4.78, 5) is 12.9. The highest BCUT2D eigenvalue weighted by molar-refractivity contribution is 6.10. The molecule has 2 atom stereocenters. The molecular weight excluding hydrogens is 657 g/mol. The first kappa shape index (κ1) is 30.6. The largest absolute Gasteiger partial charge is 0.309 e. The summed E-state index contributed by atoms with van der Waals surface area (Å²) in [6.45, 7) is 0. The Labute approximate surface area is 313 Å². The van der Waals surface area contributed by atoms with Gasteiger partial charge < -0.3 is 9.47 Å². The van der Waals surface area contributed by atoms with Crippen LogP contribution in [0.5, 0.6) is 0 Å². The average molecular weight is 691 g/mol. The van der Waals surface area contributed by atoms with E-state index in [4.69, 9.17) is 9.97 Å². The standard InChI is InChI=1S/C50H34N4/c1-3-13-33(14-4-1)34-23-25-35(26-24-34)49-41-19-7-10-20-44(41)51-50(52-49)54-46-22-12-9-18-40(46)43-32-37(28-30-48(43)54)36-27-29-47-42(31-36)39-17-8-11-21-45(39)53(47)38-15-5-2-6-16-38/h1-32,40,46H. The summed E-state index contributed by atoms with van der Waals surface area (Å²) in [7, 11) is 0. The number of benzene rings is 7. The second-order valence-electron chi connectivity index (χ2n) is 14.2. The fraction of sp³-hybridized carbons (Fsp3) is 0.0400. The molecule has 0 amide bonds. The van der Waals surface area contributed by atoms with Gasteiger partial charge in [-0.2, -0.15) is 0 Å².